The van der Waals surface area contributed by atoms with Crippen LogP contribution in [0.25, 0.3) is 0 Å². The van der Waals surface area contributed by atoms with Crippen molar-refractivity contribution in [3.05, 3.63) is 35.9 Å². The Labute approximate surface area is 163 Å². The van der Waals surface area contributed by atoms with Gasteiger partial charge in [-0.05, 0) is 18.4 Å². The van der Waals surface area contributed by atoms with Crippen LogP contribution in [0.1, 0.15) is 24.8 Å². The molecular formula is C19H25N3O6. The van der Waals surface area contributed by atoms with Gasteiger partial charge in [0, 0.05) is 19.0 Å². The zero-order valence-electron chi connectivity index (χ0n) is 15.8. The smallest absolute Gasteiger partial charge is 0.408 e. The van der Waals surface area contributed by atoms with Gasteiger partial charge in [-0.1, -0.05) is 30.3 Å². The summed E-state index contributed by atoms with van der Waals surface area (Å²) >= 11 is 0. The van der Waals surface area contributed by atoms with Crippen molar-refractivity contribution >= 4 is 23.9 Å². The maximum atomic E-state index is 12.8. The number of amides is 3. The molecular weight excluding hydrogens is 366 g/mol. The van der Waals surface area contributed by atoms with Crippen LogP contribution in [0.4, 0.5) is 4.79 Å². The number of methoxy groups -OCH3 is 1. The Morgan fingerprint density at radius 2 is 1.82 bits per heavy atom. The van der Waals surface area contributed by atoms with Gasteiger partial charge in [-0.2, -0.15) is 0 Å². The van der Waals surface area contributed by atoms with E-state index in [1.165, 1.54) is 12.0 Å². The number of esters is 1. The van der Waals surface area contributed by atoms with Gasteiger partial charge in [-0.25, -0.2) is 4.79 Å². The molecule has 0 aliphatic carbocycles. The highest BCUT2D eigenvalue weighted by molar-refractivity contribution is 5.89. The molecule has 1 aromatic rings. The minimum atomic E-state index is -1.11. The van der Waals surface area contributed by atoms with Crippen LogP contribution in [0.15, 0.2) is 30.3 Å². The van der Waals surface area contributed by atoms with E-state index in [9.17, 15) is 19.2 Å². The van der Waals surface area contributed by atoms with Crippen molar-refractivity contribution in [2.75, 3.05) is 20.2 Å². The van der Waals surface area contributed by atoms with E-state index in [0.29, 0.717) is 25.9 Å². The summed E-state index contributed by atoms with van der Waals surface area (Å²) in [5.41, 5.74) is 6.10. The van der Waals surface area contributed by atoms with E-state index in [1.54, 1.807) is 12.1 Å². The molecule has 9 heteroatoms. The molecule has 28 heavy (non-hydrogen) atoms. The van der Waals surface area contributed by atoms with Gasteiger partial charge >= 0.3 is 12.1 Å². The highest BCUT2D eigenvalue weighted by Crippen LogP contribution is 2.18. The molecule has 1 atom stereocenters. The molecule has 0 saturated carbocycles. The third-order valence-corrected chi connectivity index (χ3v) is 4.61. The number of hydrogen-bond acceptors (Lipinski definition) is 6. The lowest BCUT2D eigenvalue weighted by molar-refractivity contribution is -0.145. The lowest BCUT2D eigenvalue weighted by Crippen LogP contribution is -2.52. The SMILES string of the molecule is COC(=O)C[C@H](NC(=O)OCc1ccccc1)C(=O)N1CCC(C(N)=O)CC1. The van der Waals surface area contributed by atoms with Gasteiger partial charge in [0.2, 0.25) is 11.8 Å². The largest absolute Gasteiger partial charge is 0.469 e. The number of nitrogens with zero attached hydrogens (tertiary/aromatic N) is 1. The van der Waals surface area contributed by atoms with Gasteiger partial charge in [0.1, 0.15) is 12.6 Å². The summed E-state index contributed by atoms with van der Waals surface area (Å²) < 4.78 is 9.74. The Morgan fingerprint density at radius 3 is 2.39 bits per heavy atom. The molecule has 0 aromatic heterocycles. The molecule has 0 spiro atoms. The number of ether oxygens (including phenoxy) is 2. The molecule has 1 aliphatic rings. The molecule has 152 valence electrons. The third kappa shape index (κ3) is 6.26. The summed E-state index contributed by atoms with van der Waals surface area (Å²) in [5, 5.41) is 2.44. The molecule has 1 fully saturated rings. The summed E-state index contributed by atoms with van der Waals surface area (Å²) in [6, 6.07) is 7.96. The van der Waals surface area contributed by atoms with Crippen LogP contribution < -0.4 is 11.1 Å². The first-order valence-corrected chi connectivity index (χ1v) is 9.02. The molecule has 3 N–H and O–H groups in total. The number of carbonyl (C=O) groups excluding carboxylic acids is 4. The molecule has 1 heterocycles. The Bertz CT molecular complexity index is 701. The monoisotopic (exact) mass is 391 g/mol. The van der Waals surface area contributed by atoms with Crippen molar-refractivity contribution < 1.29 is 28.7 Å². The van der Waals surface area contributed by atoms with Gasteiger partial charge < -0.3 is 25.4 Å². The van der Waals surface area contributed by atoms with Crippen molar-refractivity contribution in [2.45, 2.75) is 31.9 Å². The number of primary amides is 1. The van der Waals surface area contributed by atoms with Crippen LogP contribution in [0.5, 0.6) is 0 Å². The maximum Gasteiger partial charge on any atom is 0.408 e. The molecule has 0 radical (unpaired) electrons. The second-order valence-electron chi connectivity index (χ2n) is 6.54. The maximum absolute atomic E-state index is 12.8. The third-order valence-electron chi connectivity index (χ3n) is 4.61. The lowest BCUT2D eigenvalue weighted by atomic mass is 9.95. The standard InChI is InChI=1S/C19H25N3O6/c1-27-16(23)11-15(18(25)22-9-7-14(8-10-22)17(20)24)21-19(26)28-12-13-5-3-2-4-6-13/h2-6,14-15H,7-12H2,1H3,(H2,20,24)(H,21,26)/t15-/m0/s1. The average molecular weight is 391 g/mol. The molecule has 1 aliphatic heterocycles. The molecule has 2 rings (SSSR count). The van der Waals surface area contributed by atoms with Gasteiger partial charge in [0.05, 0.1) is 13.5 Å². The predicted molar refractivity (Wildman–Crippen MR) is 98.7 cm³/mol. The number of hydrogen-bond donors (Lipinski definition) is 2. The molecule has 9 nitrogen and oxygen atoms in total. The first kappa shape index (κ1) is 21.2. The van der Waals surface area contributed by atoms with Gasteiger partial charge in [-0.3, -0.25) is 14.4 Å². The normalized spacial score (nSPS) is 15.4. The van der Waals surface area contributed by atoms with Crippen LogP contribution in [-0.2, 0) is 30.5 Å². The second kappa shape index (κ2) is 10.3. The van der Waals surface area contributed by atoms with Crippen LogP contribution in [-0.4, -0.2) is 55.0 Å². The fourth-order valence-corrected chi connectivity index (χ4v) is 2.96. The molecule has 0 unspecified atom stereocenters. The first-order chi connectivity index (χ1) is 13.4. The fourth-order valence-electron chi connectivity index (χ4n) is 2.96. The van der Waals surface area contributed by atoms with E-state index in [2.05, 4.69) is 10.1 Å². The van der Waals surface area contributed by atoms with Crippen LogP contribution in [0.2, 0.25) is 0 Å². The summed E-state index contributed by atoms with van der Waals surface area (Å²) in [5.74, 6) is -1.72. The summed E-state index contributed by atoms with van der Waals surface area (Å²) in [4.78, 5) is 49.3. The van der Waals surface area contributed by atoms with Crippen molar-refractivity contribution in [1.29, 1.82) is 0 Å². The number of alkyl carbamates (subject to hydrolysis) is 1. The lowest BCUT2D eigenvalue weighted by Gasteiger charge is -2.33. The molecule has 1 aromatic carbocycles. The van der Waals surface area contributed by atoms with Crippen LogP contribution in [0.3, 0.4) is 0 Å². The number of benzene rings is 1. The summed E-state index contributed by atoms with van der Waals surface area (Å²) in [7, 11) is 1.20. The van der Waals surface area contributed by atoms with E-state index in [-0.39, 0.29) is 24.9 Å². The van der Waals surface area contributed by atoms with Gasteiger partial charge in [0.25, 0.3) is 0 Å². The van der Waals surface area contributed by atoms with Gasteiger partial charge in [0.15, 0.2) is 0 Å². The van der Waals surface area contributed by atoms with Crippen molar-refractivity contribution in [3.8, 4) is 0 Å². The number of nitrogens with one attached hydrogen (secondary N) is 1. The van der Waals surface area contributed by atoms with E-state index in [1.807, 2.05) is 18.2 Å². The van der Waals surface area contributed by atoms with E-state index < -0.39 is 24.0 Å². The number of carbonyl (C=O) groups is 4. The zero-order valence-corrected chi connectivity index (χ0v) is 15.8. The Hall–Kier alpha value is -3.10. The minimum absolute atomic E-state index is 0.0375. The second-order valence-corrected chi connectivity index (χ2v) is 6.54. The number of rotatable bonds is 7. The van der Waals surface area contributed by atoms with Crippen molar-refractivity contribution in [3.63, 3.8) is 0 Å². The number of likely N-dealkylation sites (tertiary alicyclic amines) is 1. The van der Waals surface area contributed by atoms with E-state index in [0.717, 1.165) is 5.56 Å². The Balaban J connectivity index is 1.94. The Kier molecular flexibility index (Phi) is 7.79. The van der Waals surface area contributed by atoms with Gasteiger partial charge in [-0.15, -0.1) is 0 Å². The highest BCUT2D eigenvalue weighted by Gasteiger charge is 2.32. The molecule has 3 amide bonds. The highest BCUT2D eigenvalue weighted by atomic mass is 16.5. The minimum Gasteiger partial charge on any atom is -0.469 e. The average Bonchev–Trinajstić information content (AvgIpc) is 2.72. The van der Waals surface area contributed by atoms with Crippen LogP contribution >= 0.6 is 0 Å². The summed E-state index contributed by atoms with van der Waals surface area (Å²) in [6.07, 6.45) is -0.223. The van der Waals surface area contributed by atoms with Crippen molar-refractivity contribution in [2.24, 2.45) is 11.7 Å². The van der Waals surface area contributed by atoms with Crippen LogP contribution in [0, 0.1) is 5.92 Å². The van der Waals surface area contributed by atoms with Crippen molar-refractivity contribution in [1.82, 2.24) is 10.2 Å². The molecule has 0 bridgehead atoms. The first-order valence-electron chi connectivity index (χ1n) is 9.02. The van der Waals surface area contributed by atoms with E-state index >= 15 is 0 Å². The summed E-state index contributed by atoms with van der Waals surface area (Å²) in [6.45, 7) is 0.686. The quantitative estimate of drug-likeness (QED) is 0.654. The zero-order chi connectivity index (χ0) is 20.5. The topological polar surface area (TPSA) is 128 Å². The predicted octanol–water partition coefficient (Wildman–Crippen LogP) is 0.568. The Morgan fingerprint density at radius 1 is 1.18 bits per heavy atom. The fraction of sp³-hybridized carbons (Fsp3) is 0.474. The number of nitrogens with two attached hydrogens (primary N) is 1. The number of piperidine rings is 1. The molecule has 1 saturated heterocycles. The van der Waals surface area contributed by atoms with E-state index in [4.69, 9.17) is 10.5 Å².